The highest BCUT2D eigenvalue weighted by Crippen LogP contribution is 2.29. The molecule has 0 bridgehead atoms. The SMILES string of the molecule is N#CCNC(=O)c1ccc2[nH]c3c(c2c1)CCCC3. The molecule has 1 aliphatic carbocycles. The minimum atomic E-state index is -0.186. The van der Waals surface area contributed by atoms with Gasteiger partial charge in [-0.2, -0.15) is 5.26 Å². The lowest BCUT2D eigenvalue weighted by Crippen LogP contribution is -2.23. The van der Waals surface area contributed by atoms with E-state index in [2.05, 4.69) is 10.3 Å². The Kier molecular flexibility index (Phi) is 2.96. The maximum absolute atomic E-state index is 11.9. The van der Waals surface area contributed by atoms with Gasteiger partial charge in [-0.1, -0.05) is 0 Å². The number of rotatable bonds is 2. The smallest absolute Gasteiger partial charge is 0.252 e. The molecule has 0 saturated heterocycles. The van der Waals surface area contributed by atoms with E-state index in [1.165, 1.54) is 24.1 Å². The molecule has 0 unspecified atom stereocenters. The first kappa shape index (κ1) is 11.8. The van der Waals surface area contributed by atoms with Crippen LogP contribution in [0.4, 0.5) is 0 Å². The van der Waals surface area contributed by atoms with E-state index in [0.29, 0.717) is 5.56 Å². The molecule has 0 saturated carbocycles. The average Bonchev–Trinajstić information content (AvgIpc) is 2.82. The summed E-state index contributed by atoms with van der Waals surface area (Å²) in [6.07, 6.45) is 4.62. The predicted molar refractivity (Wildman–Crippen MR) is 72.9 cm³/mol. The monoisotopic (exact) mass is 253 g/mol. The van der Waals surface area contributed by atoms with Crippen LogP contribution in [0.1, 0.15) is 34.5 Å². The van der Waals surface area contributed by atoms with Gasteiger partial charge in [0.1, 0.15) is 6.54 Å². The maximum atomic E-state index is 11.9. The van der Waals surface area contributed by atoms with Crippen LogP contribution in [0, 0.1) is 11.3 Å². The predicted octanol–water partition coefficient (Wildman–Crippen LogP) is 2.30. The highest BCUT2D eigenvalue weighted by Gasteiger charge is 2.16. The largest absolute Gasteiger partial charge is 0.358 e. The van der Waals surface area contributed by atoms with E-state index in [1.54, 1.807) is 6.07 Å². The summed E-state index contributed by atoms with van der Waals surface area (Å²) < 4.78 is 0. The van der Waals surface area contributed by atoms with Crippen molar-refractivity contribution in [1.82, 2.24) is 10.3 Å². The molecule has 4 nitrogen and oxygen atoms in total. The molecule has 96 valence electrons. The summed E-state index contributed by atoms with van der Waals surface area (Å²) in [5, 5.41) is 12.2. The molecule has 3 rings (SSSR count). The molecule has 0 aliphatic heterocycles. The van der Waals surface area contributed by atoms with Crippen molar-refractivity contribution in [2.24, 2.45) is 0 Å². The molecule has 4 heteroatoms. The summed E-state index contributed by atoms with van der Waals surface area (Å²) in [6.45, 7) is 0.0438. The van der Waals surface area contributed by atoms with Crippen molar-refractivity contribution in [3.63, 3.8) is 0 Å². The number of carbonyl (C=O) groups excluding carboxylic acids is 1. The van der Waals surface area contributed by atoms with Gasteiger partial charge in [-0.25, -0.2) is 0 Å². The number of nitriles is 1. The highest BCUT2D eigenvalue weighted by molar-refractivity contribution is 5.99. The molecule has 1 heterocycles. The second-order valence-corrected chi connectivity index (χ2v) is 4.89. The van der Waals surface area contributed by atoms with Crippen molar-refractivity contribution in [1.29, 1.82) is 5.26 Å². The number of hydrogen-bond donors (Lipinski definition) is 2. The van der Waals surface area contributed by atoms with E-state index in [0.717, 1.165) is 23.7 Å². The van der Waals surface area contributed by atoms with Crippen LogP contribution in [0.3, 0.4) is 0 Å². The molecule has 1 amide bonds. The van der Waals surface area contributed by atoms with Gasteiger partial charge in [-0.3, -0.25) is 4.79 Å². The van der Waals surface area contributed by atoms with Gasteiger partial charge in [0.15, 0.2) is 0 Å². The fraction of sp³-hybridized carbons (Fsp3) is 0.333. The number of amides is 1. The molecule has 0 spiro atoms. The van der Waals surface area contributed by atoms with Crippen LogP contribution in [0.2, 0.25) is 0 Å². The van der Waals surface area contributed by atoms with Crippen molar-refractivity contribution in [2.75, 3.05) is 6.54 Å². The summed E-state index contributed by atoms with van der Waals surface area (Å²) in [6, 6.07) is 7.60. The molecule has 19 heavy (non-hydrogen) atoms. The summed E-state index contributed by atoms with van der Waals surface area (Å²) in [7, 11) is 0. The van der Waals surface area contributed by atoms with Crippen molar-refractivity contribution in [3.05, 3.63) is 35.0 Å². The lowest BCUT2D eigenvalue weighted by atomic mass is 9.95. The van der Waals surface area contributed by atoms with E-state index in [9.17, 15) is 4.79 Å². The van der Waals surface area contributed by atoms with Crippen LogP contribution >= 0.6 is 0 Å². The number of benzene rings is 1. The zero-order valence-corrected chi connectivity index (χ0v) is 10.6. The number of hydrogen-bond acceptors (Lipinski definition) is 2. The zero-order valence-electron chi connectivity index (χ0n) is 10.6. The maximum Gasteiger partial charge on any atom is 0.252 e. The number of aromatic nitrogens is 1. The van der Waals surface area contributed by atoms with Crippen LogP contribution in [-0.4, -0.2) is 17.4 Å². The van der Waals surface area contributed by atoms with Crippen molar-refractivity contribution in [2.45, 2.75) is 25.7 Å². The number of aryl methyl sites for hydroxylation is 2. The number of H-pyrrole nitrogens is 1. The molecule has 1 aromatic heterocycles. The Hall–Kier alpha value is -2.28. The van der Waals surface area contributed by atoms with Gasteiger partial charge in [0.05, 0.1) is 6.07 Å². The fourth-order valence-electron chi connectivity index (χ4n) is 2.77. The number of nitrogens with zero attached hydrogens (tertiary/aromatic N) is 1. The van der Waals surface area contributed by atoms with Gasteiger partial charge < -0.3 is 10.3 Å². The standard InChI is InChI=1S/C15H15N3O/c16-7-8-17-15(19)10-5-6-14-12(9-10)11-3-1-2-4-13(11)18-14/h5-6,9,18H,1-4,8H2,(H,17,19). The third-order valence-electron chi connectivity index (χ3n) is 3.69. The second kappa shape index (κ2) is 4.77. The van der Waals surface area contributed by atoms with Gasteiger partial charge in [0.25, 0.3) is 5.91 Å². The normalized spacial score (nSPS) is 13.8. The van der Waals surface area contributed by atoms with Crippen molar-refractivity contribution in [3.8, 4) is 6.07 Å². The Morgan fingerprint density at radius 3 is 3.05 bits per heavy atom. The topological polar surface area (TPSA) is 68.7 Å². The van der Waals surface area contributed by atoms with Crippen LogP contribution in [0.25, 0.3) is 10.9 Å². The number of aromatic amines is 1. The quantitative estimate of drug-likeness (QED) is 0.806. The van der Waals surface area contributed by atoms with E-state index < -0.39 is 0 Å². The number of fused-ring (bicyclic) bond motifs is 3. The molecule has 2 aromatic rings. The van der Waals surface area contributed by atoms with Crippen LogP contribution in [-0.2, 0) is 12.8 Å². The number of carbonyl (C=O) groups is 1. The first-order chi connectivity index (χ1) is 9.29. The zero-order chi connectivity index (χ0) is 13.2. The van der Waals surface area contributed by atoms with Crippen molar-refractivity contribution < 1.29 is 4.79 Å². The van der Waals surface area contributed by atoms with E-state index in [1.807, 2.05) is 18.2 Å². The minimum Gasteiger partial charge on any atom is -0.358 e. The summed E-state index contributed by atoms with van der Waals surface area (Å²) >= 11 is 0. The first-order valence-corrected chi connectivity index (χ1v) is 6.58. The summed E-state index contributed by atoms with van der Waals surface area (Å²) in [5.41, 5.74) is 4.39. The van der Waals surface area contributed by atoms with E-state index >= 15 is 0 Å². The second-order valence-electron chi connectivity index (χ2n) is 4.89. The molecule has 2 N–H and O–H groups in total. The van der Waals surface area contributed by atoms with Gasteiger partial charge in [0, 0.05) is 22.2 Å². The Morgan fingerprint density at radius 2 is 2.21 bits per heavy atom. The van der Waals surface area contributed by atoms with E-state index in [-0.39, 0.29) is 12.5 Å². The molecule has 0 fully saturated rings. The van der Waals surface area contributed by atoms with Crippen molar-refractivity contribution >= 4 is 16.8 Å². The average molecular weight is 253 g/mol. The lowest BCUT2D eigenvalue weighted by Gasteiger charge is -2.10. The molecular formula is C15H15N3O. The van der Waals surface area contributed by atoms with E-state index in [4.69, 9.17) is 5.26 Å². The molecule has 1 aromatic carbocycles. The van der Waals surface area contributed by atoms with Gasteiger partial charge in [-0.15, -0.1) is 0 Å². The molecular weight excluding hydrogens is 238 g/mol. The summed E-state index contributed by atoms with van der Waals surface area (Å²) in [4.78, 5) is 15.3. The Labute approximate surface area is 111 Å². The fourth-order valence-corrected chi connectivity index (χ4v) is 2.77. The third kappa shape index (κ3) is 2.08. The van der Waals surface area contributed by atoms with Gasteiger partial charge in [0.2, 0.25) is 0 Å². The number of nitrogens with one attached hydrogen (secondary N) is 2. The molecule has 0 atom stereocenters. The first-order valence-electron chi connectivity index (χ1n) is 6.58. The highest BCUT2D eigenvalue weighted by atomic mass is 16.1. The lowest BCUT2D eigenvalue weighted by molar-refractivity contribution is 0.0958. The Balaban J connectivity index is 2.00. The summed E-state index contributed by atoms with van der Waals surface area (Å²) in [5.74, 6) is -0.186. The molecule has 0 radical (unpaired) electrons. The Bertz CT molecular complexity index is 678. The van der Waals surface area contributed by atoms with Gasteiger partial charge in [-0.05, 0) is 49.4 Å². The minimum absolute atomic E-state index is 0.0438. The van der Waals surface area contributed by atoms with Crippen LogP contribution in [0.5, 0.6) is 0 Å². The van der Waals surface area contributed by atoms with Crippen LogP contribution < -0.4 is 5.32 Å². The third-order valence-corrected chi connectivity index (χ3v) is 3.69. The molecule has 1 aliphatic rings. The van der Waals surface area contributed by atoms with Crippen LogP contribution in [0.15, 0.2) is 18.2 Å². The Morgan fingerprint density at radius 1 is 1.37 bits per heavy atom. The van der Waals surface area contributed by atoms with Gasteiger partial charge >= 0.3 is 0 Å².